The molecule has 116 valence electrons. The molecule has 3 aliphatic heterocycles. The summed E-state index contributed by atoms with van der Waals surface area (Å²) in [5, 5.41) is 11.7. The van der Waals surface area contributed by atoms with E-state index in [-0.39, 0.29) is 6.10 Å². The number of aliphatic hydroxyl groups is 1. The maximum atomic E-state index is 10.3. The lowest BCUT2D eigenvalue weighted by Gasteiger charge is -2.54. The molecule has 4 bridgehead atoms. The van der Waals surface area contributed by atoms with E-state index < -0.39 is 0 Å². The minimum atomic E-state index is -0.191. The third-order valence-corrected chi connectivity index (χ3v) is 6.44. The molecule has 4 unspecified atom stereocenters. The molecule has 3 fully saturated rings. The maximum absolute atomic E-state index is 10.3. The molecular weight excluding hydrogens is 272 g/mol. The van der Waals surface area contributed by atoms with Gasteiger partial charge >= 0.3 is 0 Å². The Balaban J connectivity index is 1.67. The third kappa shape index (κ3) is 1.70. The number of hydrogen-bond acceptors (Lipinski definition) is 2. The summed E-state index contributed by atoms with van der Waals surface area (Å²) in [6, 6.07) is 9.27. The first kappa shape index (κ1) is 13.1. The van der Waals surface area contributed by atoms with Gasteiger partial charge in [-0.3, -0.25) is 4.90 Å². The van der Waals surface area contributed by atoms with Crippen LogP contribution >= 0.6 is 0 Å². The molecule has 2 saturated heterocycles. The second-order valence-corrected chi connectivity index (χ2v) is 7.65. The molecular formula is C19H24N2O. The van der Waals surface area contributed by atoms with Crippen LogP contribution in [0, 0.1) is 11.8 Å². The first-order valence-corrected chi connectivity index (χ1v) is 8.74. The molecule has 22 heavy (non-hydrogen) atoms. The van der Waals surface area contributed by atoms with Crippen LogP contribution in [0.1, 0.15) is 36.9 Å². The van der Waals surface area contributed by atoms with E-state index in [1.807, 2.05) is 6.92 Å². The largest absolute Gasteiger partial charge is 0.393 e. The summed E-state index contributed by atoms with van der Waals surface area (Å²) in [6.45, 7) is 4.38. The fourth-order valence-electron chi connectivity index (χ4n) is 5.62. The number of aromatic nitrogens is 1. The molecule has 2 N–H and O–H groups in total. The van der Waals surface area contributed by atoms with E-state index in [2.05, 4.69) is 34.1 Å². The van der Waals surface area contributed by atoms with Gasteiger partial charge in [-0.2, -0.15) is 0 Å². The summed E-state index contributed by atoms with van der Waals surface area (Å²) < 4.78 is 0. The van der Waals surface area contributed by atoms with Crippen LogP contribution in [-0.2, 0) is 6.42 Å². The molecule has 0 spiro atoms. The van der Waals surface area contributed by atoms with E-state index in [0.29, 0.717) is 17.9 Å². The van der Waals surface area contributed by atoms with Gasteiger partial charge in [0.05, 0.1) is 6.10 Å². The monoisotopic (exact) mass is 296 g/mol. The van der Waals surface area contributed by atoms with Crippen LogP contribution in [0.2, 0.25) is 0 Å². The molecule has 3 heteroatoms. The molecule has 6 atom stereocenters. The Kier molecular flexibility index (Phi) is 2.74. The number of piperidine rings is 2. The van der Waals surface area contributed by atoms with Crippen LogP contribution in [0.15, 0.2) is 24.3 Å². The summed E-state index contributed by atoms with van der Waals surface area (Å²) in [7, 11) is 0. The fourth-order valence-corrected chi connectivity index (χ4v) is 5.62. The number of nitrogens with zero attached hydrogens (tertiary/aromatic N) is 1. The highest BCUT2D eigenvalue weighted by molar-refractivity contribution is 5.85. The Bertz CT molecular complexity index is 719. The summed E-state index contributed by atoms with van der Waals surface area (Å²) in [6.07, 6.45) is 3.46. The highest BCUT2D eigenvalue weighted by Crippen LogP contribution is 2.50. The molecule has 1 saturated carbocycles. The van der Waals surface area contributed by atoms with Crippen LogP contribution in [0.5, 0.6) is 0 Å². The zero-order valence-electron chi connectivity index (χ0n) is 13.1. The number of H-pyrrole nitrogens is 1. The van der Waals surface area contributed by atoms with E-state index in [1.165, 1.54) is 36.0 Å². The van der Waals surface area contributed by atoms with Crippen molar-refractivity contribution >= 4 is 10.9 Å². The molecule has 3 nitrogen and oxygen atoms in total. The van der Waals surface area contributed by atoms with Crippen molar-refractivity contribution in [3.05, 3.63) is 35.5 Å². The SMILES string of the molecule is C[C@H](O)C1CC2CC3c4[nH]c5ccccc5c4CCN(C2)[C@H]31. The highest BCUT2D eigenvalue weighted by Gasteiger charge is 2.50. The zero-order chi connectivity index (χ0) is 14.8. The predicted molar refractivity (Wildman–Crippen MR) is 88.0 cm³/mol. The number of benzene rings is 1. The summed E-state index contributed by atoms with van der Waals surface area (Å²) in [4.78, 5) is 6.43. The summed E-state index contributed by atoms with van der Waals surface area (Å²) in [5.41, 5.74) is 4.31. The molecule has 1 aromatic heterocycles. The van der Waals surface area contributed by atoms with Crippen LogP contribution in [0.4, 0.5) is 0 Å². The van der Waals surface area contributed by atoms with Gasteiger partial charge in [-0.1, -0.05) is 18.2 Å². The van der Waals surface area contributed by atoms with Gasteiger partial charge < -0.3 is 10.1 Å². The van der Waals surface area contributed by atoms with Crippen molar-refractivity contribution in [3.63, 3.8) is 0 Å². The average molecular weight is 296 g/mol. The number of fused-ring (bicyclic) bond motifs is 4. The standard InChI is InChI=1S/C19H24N2O/c1-11(22)15-8-12-9-16-18-14(6-7-21(10-12)19(15)16)13-4-2-3-5-17(13)20-18/h2-5,11-12,15-16,19-20,22H,6-10H2,1H3/t11-,12?,15?,16?,19-/m0/s1. The molecule has 0 amide bonds. The van der Waals surface area contributed by atoms with Crippen LogP contribution in [-0.4, -0.2) is 40.2 Å². The molecule has 4 heterocycles. The number of rotatable bonds is 1. The maximum Gasteiger partial charge on any atom is 0.0555 e. The van der Waals surface area contributed by atoms with Crippen molar-refractivity contribution in [3.8, 4) is 0 Å². The Hall–Kier alpha value is -1.32. The van der Waals surface area contributed by atoms with E-state index in [4.69, 9.17) is 0 Å². The van der Waals surface area contributed by atoms with E-state index in [9.17, 15) is 5.11 Å². The van der Waals surface area contributed by atoms with Crippen molar-refractivity contribution in [2.75, 3.05) is 13.1 Å². The Morgan fingerprint density at radius 2 is 2.14 bits per heavy atom. The van der Waals surface area contributed by atoms with E-state index >= 15 is 0 Å². The molecule has 6 rings (SSSR count). The van der Waals surface area contributed by atoms with Crippen LogP contribution in [0.3, 0.4) is 0 Å². The molecule has 2 aromatic rings. The van der Waals surface area contributed by atoms with E-state index in [0.717, 1.165) is 18.9 Å². The lowest BCUT2D eigenvalue weighted by molar-refractivity contribution is -0.0580. The number of aliphatic hydroxyl groups excluding tert-OH is 1. The van der Waals surface area contributed by atoms with Gasteiger partial charge in [-0.15, -0.1) is 0 Å². The van der Waals surface area contributed by atoms with Gasteiger partial charge in [-0.05, 0) is 43.7 Å². The van der Waals surface area contributed by atoms with E-state index in [1.54, 1.807) is 5.56 Å². The molecule has 0 radical (unpaired) electrons. The van der Waals surface area contributed by atoms with Gasteiger partial charge in [0.2, 0.25) is 0 Å². The summed E-state index contributed by atoms with van der Waals surface area (Å²) >= 11 is 0. The van der Waals surface area contributed by atoms with Gasteiger partial charge in [-0.25, -0.2) is 0 Å². The van der Waals surface area contributed by atoms with Crippen molar-refractivity contribution in [2.24, 2.45) is 11.8 Å². The summed E-state index contributed by atoms with van der Waals surface area (Å²) in [5.74, 6) is 1.78. The van der Waals surface area contributed by atoms with Gasteiger partial charge in [0.25, 0.3) is 0 Å². The van der Waals surface area contributed by atoms with Crippen molar-refractivity contribution in [1.82, 2.24) is 9.88 Å². The number of para-hydroxylation sites is 1. The minimum Gasteiger partial charge on any atom is -0.393 e. The van der Waals surface area contributed by atoms with Crippen molar-refractivity contribution in [2.45, 2.75) is 44.2 Å². The Morgan fingerprint density at radius 3 is 3.00 bits per heavy atom. The third-order valence-electron chi connectivity index (χ3n) is 6.44. The lowest BCUT2D eigenvalue weighted by Crippen LogP contribution is -2.58. The van der Waals surface area contributed by atoms with Crippen LogP contribution in [0.25, 0.3) is 10.9 Å². The Morgan fingerprint density at radius 1 is 1.27 bits per heavy atom. The minimum absolute atomic E-state index is 0.191. The smallest absolute Gasteiger partial charge is 0.0555 e. The second kappa shape index (κ2) is 4.59. The highest BCUT2D eigenvalue weighted by atomic mass is 16.3. The average Bonchev–Trinajstić information content (AvgIpc) is 2.86. The predicted octanol–water partition coefficient (Wildman–Crippen LogP) is 2.90. The second-order valence-electron chi connectivity index (χ2n) is 7.65. The number of hydrogen-bond donors (Lipinski definition) is 2. The lowest BCUT2D eigenvalue weighted by atomic mass is 9.64. The molecule has 1 aliphatic carbocycles. The zero-order valence-corrected chi connectivity index (χ0v) is 13.1. The van der Waals surface area contributed by atoms with Gasteiger partial charge in [0.1, 0.15) is 0 Å². The molecule has 1 aromatic carbocycles. The fraction of sp³-hybridized carbons (Fsp3) is 0.579. The van der Waals surface area contributed by atoms with Crippen molar-refractivity contribution in [1.29, 1.82) is 0 Å². The quantitative estimate of drug-likeness (QED) is 0.849. The van der Waals surface area contributed by atoms with Crippen LogP contribution < -0.4 is 0 Å². The van der Waals surface area contributed by atoms with Crippen molar-refractivity contribution < 1.29 is 5.11 Å². The van der Waals surface area contributed by atoms with Gasteiger partial charge in [0, 0.05) is 47.6 Å². The van der Waals surface area contributed by atoms with Gasteiger partial charge in [0.15, 0.2) is 0 Å². The first-order chi connectivity index (χ1) is 10.7. The number of nitrogens with one attached hydrogen (secondary N) is 1. The normalized spacial score (nSPS) is 37.8. The molecule has 4 aliphatic rings. The first-order valence-electron chi connectivity index (χ1n) is 8.74. The number of aromatic amines is 1. The topological polar surface area (TPSA) is 39.3 Å². The Labute approximate surface area is 131 Å².